The number of hydrogen-bond acceptors (Lipinski definition) is 4. The first-order chi connectivity index (χ1) is 7.91. The van der Waals surface area contributed by atoms with Crippen molar-refractivity contribution in [3.63, 3.8) is 0 Å². The van der Waals surface area contributed by atoms with Gasteiger partial charge in [-0.1, -0.05) is 0 Å². The number of carbonyl (C=O) groups excluding carboxylic acids is 2. The molecule has 1 fully saturated rings. The van der Waals surface area contributed by atoms with Crippen LogP contribution in [0.25, 0.3) is 0 Å². The molecular formula is C11H20N2O3S. The van der Waals surface area contributed by atoms with Crippen LogP contribution in [0, 0.1) is 0 Å². The van der Waals surface area contributed by atoms with Crippen molar-refractivity contribution in [2.75, 3.05) is 24.6 Å². The lowest BCUT2D eigenvalue weighted by atomic mass is 9.95. The highest BCUT2D eigenvalue weighted by atomic mass is 32.2. The molecule has 1 rings (SSSR count). The van der Waals surface area contributed by atoms with E-state index in [1.54, 1.807) is 11.8 Å². The maximum absolute atomic E-state index is 11.8. The minimum Gasteiger partial charge on any atom is -0.388 e. The molecule has 98 valence electrons. The van der Waals surface area contributed by atoms with Crippen molar-refractivity contribution in [3.8, 4) is 0 Å². The molecule has 5 nitrogen and oxygen atoms in total. The molecule has 0 saturated carbocycles. The van der Waals surface area contributed by atoms with Crippen LogP contribution in [0.4, 0.5) is 0 Å². The van der Waals surface area contributed by atoms with Gasteiger partial charge in [0.2, 0.25) is 11.8 Å². The number of amides is 2. The fraction of sp³-hybridized carbons (Fsp3) is 0.818. The summed E-state index contributed by atoms with van der Waals surface area (Å²) in [7, 11) is 0. The highest BCUT2D eigenvalue weighted by Crippen LogP contribution is 2.21. The Kier molecular flexibility index (Phi) is 5.27. The fourth-order valence-electron chi connectivity index (χ4n) is 1.92. The van der Waals surface area contributed by atoms with E-state index in [9.17, 15) is 14.7 Å². The quantitative estimate of drug-likeness (QED) is 0.680. The molecule has 1 aliphatic heterocycles. The molecule has 0 spiro atoms. The summed E-state index contributed by atoms with van der Waals surface area (Å²) in [6.45, 7) is 2.88. The van der Waals surface area contributed by atoms with Gasteiger partial charge in [-0.2, -0.15) is 11.8 Å². The average molecular weight is 260 g/mol. The van der Waals surface area contributed by atoms with Crippen molar-refractivity contribution in [3.05, 3.63) is 0 Å². The summed E-state index contributed by atoms with van der Waals surface area (Å²) < 4.78 is 0. The minimum absolute atomic E-state index is 0.0435. The number of rotatable bonds is 5. The highest BCUT2D eigenvalue weighted by molar-refractivity contribution is 7.99. The van der Waals surface area contributed by atoms with Crippen LogP contribution in [0.2, 0.25) is 0 Å². The summed E-state index contributed by atoms with van der Waals surface area (Å²) in [6.07, 6.45) is 1.98. The van der Waals surface area contributed by atoms with Gasteiger partial charge < -0.3 is 15.7 Å². The fourth-order valence-corrected chi connectivity index (χ4v) is 2.59. The predicted molar refractivity (Wildman–Crippen MR) is 67.6 cm³/mol. The van der Waals surface area contributed by atoms with E-state index in [1.807, 2.05) is 0 Å². The van der Waals surface area contributed by atoms with Crippen LogP contribution in [0.5, 0.6) is 0 Å². The van der Waals surface area contributed by atoms with Crippen LogP contribution in [0.3, 0.4) is 0 Å². The van der Waals surface area contributed by atoms with E-state index >= 15 is 0 Å². The van der Waals surface area contributed by atoms with Gasteiger partial charge in [0.15, 0.2) is 0 Å². The second-order valence-corrected chi connectivity index (χ2v) is 5.79. The number of β-amino-alcohol motifs (C(OH)–C–C–N with tert-alkyl or cyclic N) is 1. The Morgan fingerprint density at radius 3 is 2.82 bits per heavy atom. The maximum atomic E-state index is 11.8. The smallest absolute Gasteiger partial charge is 0.227 e. The molecule has 0 aromatic heterocycles. The Labute approximate surface area is 106 Å². The van der Waals surface area contributed by atoms with E-state index in [1.165, 1.54) is 11.8 Å². The molecule has 0 aromatic carbocycles. The number of piperidine rings is 1. The monoisotopic (exact) mass is 260 g/mol. The standard InChI is InChI=1S/C11H20N2O3S/c1-11(16)4-2-5-13(8-11)10(15)3-6-17-7-9(12)14/h16H,2-8H2,1H3,(H2,12,14). The van der Waals surface area contributed by atoms with Crippen LogP contribution in [-0.4, -0.2) is 52.0 Å². The summed E-state index contributed by atoms with van der Waals surface area (Å²) in [5.74, 6) is 0.538. The first kappa shape index (κ1) is 14.3. The molecule has 3 N–H and O–H groups in total. The Bertz CT molecular complexity index is 294. The van der Waals surface area contributed by atoms with Gasteiger partial charge >= 0.3 is 0 Å². The number of thioether (sulfide) groups is 1. The Hall–Kier alpha value is -0.750. The Morgan fingerprint density at radius 2 is 2.24 bits per heavy atom. The van der Waals surface area contributed by atoms with E-state index in [4.69, 9.17) is 5.73 Å². The van der Waals surface area contributed by atoms with Gasteiger partial charge in [-0.15, -0.1) is 0 Å². The lowest BCUT2D eigenvalue weighted by Crippen LogP contribution is -2.48. The summed E-state index contributed by atoms with van der Waals surface area (Å²) >= 11 is 1.37. The number of carbonyl (C=O) groups is 2. The van der Waals surface area contributed by atoms with Crippen LogP contribution in [0.1, 0.15) is 26.2 Å². The Balaban J connectivity index is 2.25. The molecule has 1 unspecified atom stereocenters. The normalized spacial score (nSPS) is 24.7. The molecule has 0 radical (unpaired) electrons. The van der Waals surface area contributed by atoms with Crippen LogP contribution in [0.15, 0.2) is 0 Å². The minimum atomic E-state index is -0.756. The highest BCUT2D eigenvalue weighted by Gasteiger charge is 2.30. The number of nitrogens with zero attached hydrogens (tertiary/aromatic N) is 1. The lowest BCUT2D eigenvalue weighted by molar-refractivity contribution is -0.137. The Morgan fingerprint density at radius 1 is 1.53 bits per heavy atom. The first-order valence-electron chi connectivity index (χ1n) is 5.77. The largest absolute Gasteiger partial charge is 0.388 e. The zero-order chi connectivity index (χ0) is 12.9. The number of likely N-dealkylation sites (tertiary alicyclic amines) is 1. The van der Waals surface area contributed by atoms with Crippen molar-refractivity contribution < 1.29 is 14.7 Å². The molecule has 17 heavy (non-hydrogen) atoms. The van der Waals surface area contributed by atoms with Gasteiger partial charge in [-0.3, -0.25) is 9.59 Å². The van der Waals surface area contributed by atoms with Crippen LogP contribution in [-0.2, 0) is 9.59 Å². The zero-order valence-electron chi connectivity index (χ0n) is 10.1. The third kappa shape index (κ3) is 5.41. The van der Waals surface area contributed by atoms with E-state index in [2.05, 4.69) is 0 Å². The van der Waals surface area contributed by atoms with Gasteiger partial charge in [0, 0.05) is 25.3 Å². The molecule has 2 amide bonds. The van der Waals surface area contributed by atoms with E-state index < -0.39 is 5.60 Å². The van der Waals surface area contributed by atoms with E-state index in [0.29, 0.717) is 18.7 Å². The molecule has 1 atom stereocenters. The molecule has 6 heteroatoms. The zero-order valence-corrected chi connectivity index (χ0v) is 11.0. The third-order valence-electron chi connectivity index (χ3n) is 2.73. The van der Waals surface area contributed by atoms with Gasteiger partial charge in [0.1, 0.15) is 0 Å². The number of aliphatic hydroxyl groups is 1. The second-order valence-electron chi connectivity index (χ2n) is 4.68. The maximum Gasteiger partial charge on any atom is 0.227 e. The second kappa shape index (κ2) is 6.26. The molecule has 0 aliphatic carbocycles. The number of hydrogen-bond donors (Lipinski definition) is 2. The summed E-state index contributed by atoms with van der Waals surface area (Å²) in [6, 6.07) is 0. The summed E-state index contributed by atoms with van der Waals surface area (Å²) in [5.41, 5.74) is 4.24. The molecule has 0 aromatic rings. The average Bonchev–Trinajstić information content (AvgIpc) is 2.22. The van der Waals surface area contributed by atoms with Gasteiger partial charge in [-0.05, 0) is 19.8 Å². The van der Waals surface area contributed by atoms with Crippen molar-refractivity contribution in [1.29, 1.82) is 0 Å². The van der Waals surface area contributed by atoms with E-state index in [0.717, 1.165) is 19.4 Å². The number of nitrogens with two attached hydrogens (primary N) is 1. The van der Waals surface area contributed by atoms with Crippen LogP contribution >= 0.6 is 11.8 Å². The summed E-state index contributed by atoms with van der Waals surface area (Å²) in [4.78, 5) is 24.0. The topological polar surface area (TPSA) is 83.6 Å². The molecule has 0 bridgehead atoms. The molecule has 1 saturated heterocycles. The van der Waals surface area contributed by atoms with Gasteiger partial charge in [0.05, 0.1) is 11.4 Å². The molecule has 1 heterocycles. The van der Waals surface area contributed by atoms with E-state index in [-0.39, 0.29) is 17.6 Å². The SMILES string of the molecule is CC1(O)CCCN(C(=O)CCSCC(N)=O)C1. The van der Waals surface area contributed by atoms with Crippen molar-refractivity contribution in [2.45, 2.75) is 31.8 Å². The van der Waals surface area contributed by atoms with Crippen molar-refractivity contribution in [2.24, 2.45) is 5.73 Å². The lowest BCUT2D eigenvalue weighted by Gasteiger charge is -2.36. The third-order valence-corrected chi connectivity index (χ3v) is 3.71. The van der Waals surface area contributed by atoms with Crippen molar-refractivity contribution >= 4 is 23.6 Å². The van der Waals surface area contributed by atoms with Gasteiger partial charge in [0.25, 0.3) is 0 Å². The summed E-state index contributed by atoms with van der Waals surface area (Å²) in [5, 5.41) is 9.88. The number of primary amides is 1. The molecular weight excluding hydrogens is 240 g/mol. The molecule has 1 aliphatic rings. The van der Waals surface area contributed by atoms with Gasteiger partial charge in [-0.25, -0.2) is 0 Å². The first-order valence-corrected chi connectivity index (χ1v) is 6.92. The van der Waals surface area contributed by atoms with Crippen molar-refractivity contribution in [1.82, 2.24) is 4.90 Å². The van der Waals surface area contributed by atoms with Crippen LogP contribution < -0.4 is 5.73 Å². The predicted octanol–water partition coefficient (Wildman–Crippen LogP) is -0.0316.